The first kappa shape index (κ1) is 23.1. The van der Waals surface area contributed by atoms with E-state index in [4.69, 9.17) is 4.74 Å². The number of nitro groups is 1. The van der Waals surface area contributed by atoms with Crippen molar-refractivity contribution in [3.05, 3.63) is 64.8 Å². The lowest BCUT2D eigenvalue weighted by Gasteiger charge is -2.16. The molecule has 2 N–H and O–H groups in total. The fraction of sp³-hybridized carbons (Fsp3) is 0.292. The zero-order valence-electron chi connectivity index (χ0n) is 19.0. The molecule has 0 aliphatic carbocycles. The summed E-state index contributed by atoms with van der Waals surface area (Å²) >= 11 is 1.32. The molecule has 2 unspecified atom stereocenters. The number of rotatable bonds is 8. The summed E-state index contributed by atoms with van der Waals surface area (Å²) in [6.07, 6.45) is 3.98. The number of aromatic nitrogens is 4. The fourth-order valence-electron chi connectivity index (χ4n) is 4.11. The highest BCUT2D eigenvalue weighted by Crippen LogP contribution is 2.32. The maximum Gasteiger partial charge on any atom is 0.269 e. The molecule has 1 fully saturated rings. The molecule has 4 aromatic rings. The number of carbonyl (C=O) groups excluding carboxylic acids is 1. The summed E-state index contributed by atoms with van der Waals surface area (Å²) < 4.78 is 7.91. The number of benzene rings is 2. The van der Waals surface area contributed by atoms with Crippen LogP contribution < -0.4 is 5.32 Å². The summed E-state index contributed by atoms with van der Waals surface area (Å²) in [5.74, 6) is 0.493. The summed E-state index contributed by atoms with van der Waals surface area (Å²) in [7, 11) is 0. The van der Waals surface area contributed by atoms with E-state index in [0.717, 1.165) is 41.7 Å². The average molecular weight is 493 g/mol. The lowest BCUT2D eigenvalue weighted by molar-refractivity contribution is -0.384. The molecule has 2 atom stereocenters. The van der Waals surface area contributed by atoms with E-state index in [1.54, 1.807) is 6.92 Å². The second-order valence-electron chi connectivity index (χ2n) is 8.35. The van der Waals surface area contributed by atoms with Gasteiger partial charge >= 0.3 is 0 Å². The number of carbonyl (C=O) groups is 1. The second kappa shape index (κ2) is 9.88. The monoisotopic (exact) mass is 492 g/mol. The highest BCUT2D eigenvalue weighted by molar-refractivity contribution is 8.00. The molecule has 3 heterocycles. The third kappa shape index (κ3) is 4.91. The number of nitrogens with one attached hydrogen (secondary N) is 2. The van der Waals surface area contributed by atoms with E-state index in [1.807, 2.05) is 35.0 Å². The van der Waals surface area contributed by atoms with Crippen LogP contribution in [-0.4, -0.2) is 48.5 Å². The van der Waals surface area contributed by atoms with Crippen LogP contribution in [0.4, 0.5) is 11.4 Å². The van der Waals surface area contributed by atoms with Crippen molar-refractivity contribution in [2.24, 2.45) is 0 Å². The largest absolute Gasteiger partial charge is 0.376 e. The number of thioether (sulfide) groups is 1. The SMILES string of the molecule is CC(Sc1nnc(-c2c[nH]c3ccccc23)n1CC1CCCO1)C(=O)Nc1ccc([N+](=O)[O-])cc1. The molecule has 0 spiro atoms. The van der Waals surface area contributed by atoms with Crippen molar-refractivity contribution in [2.45, 2.75) is 42.8 Å². The molecular weight excluding hydrogens is 468 g/mol. The van der Waals surface area contributed by atoms with Gasteiger partial charge in [0.2, 0.25) is 5.91 Å². The number of ether oxygens (including phenoxy) is 1. The van der Waals surface area contributed by atoms with E-state index in [-0.39, 0.29) is 17.7 Å². The molecule has 35 heavy (non-hydrogen) atoms. The van der Waals surface area contributed by atoms with Crippen molar-refractivity contribution in [1.82, 2.24) is 19.7 Å². The zero-order chi connectivity index (χ0) is 24.4. The van der Waals surface area contributed by atoms with Crippen molar-refractivity contribution in [1.29, 1.82) is 0 Å². The maximum absolute atomic E-state index is 12.8. The number of non-ortho nitro benzene ring substituents is 1. The van der Waals surface area contributed by atoms with E-state index < -0.39 is 10.2 Å². The number of hydrogen-bond acceptors (Lipinski definition) is 7. The Hall–Kier alpha value is -3.70. The minimum absolute atomic E-state index is 0.0301. The number of nitro benzene ring substituents is 1. The minimum Gasteiger partial charge on any atom is -0.376 e. The quantitative estimate of drug-likeness (QED) is 0.208. The smallest absolute Gasteiger partial charge is 0.269 e. The number of H-pyrrole nitrogens is 1. The van der Waals surface area contributed by atoms with Crippen LogP contribution in [0.15, 0.2) is 59.9 Å². The third-order valence-electron chi connectivity index (χ3n) is 5.95. The van der Waals surface area contributed by atoms with Gasteiger partial charge in [-0.1, -0.05) is 30.0 Å². The molecule has 0 saturated carbocycles. The predicted molar refractivity (Wildman–Crippen MR) is 133 cm³/mol. The van der Waals surface area contributed by atoms with Crippen molar-refractivity contribution in [2.75, 3.05) is 11.9 Å². The van der Waals surface area contributed by atoms with Gasteiger partial charge in [0.15, 0.2) is 11.0 Å². The van der Waals surface area contributed by atoms with E-state index in [1.165, 1.54) is 36.0 Å². The van der Waals surface area contributed by atoms with Crippen LogP contribution in [0, 0.1) is 10.1 Å². The molecule has 1 amide bonds. The van der Waals surface area contributed by atoms with Crippen molar-refractivity contribution < 1.29 is 14.5 Å². The van der Waals surface area contributed by atoms with Gasteiger partial charge in [-0.05, 0) is 38.0 Å². The molecule has 2 aromatic carbocycles. The number of nitrogens with zero attached hydrogens (tertiary/aromatic N) is 4. The molecule has 5 rings (SSSR count). The van der Waals surface area contributed by atoms with Gasteiger partial charge in [-0.2, -0.15) is 0 Å². The van der Waals surface area contributed by atoms with Gasteiger partial charge in [0, 0.05) is 47.1 Å². The Morgan fingerprint density at radius 3 is 2.83 bits per heavy atom. The Morgan fingerprint density at radius 2 is 2.09 bits per heavy atom. The number of hydrogen-bond donors (Lipinski definition) is 2. The Balaban J connectivity index is 1.38. The van der Waals surface area contributed by atoms with Crippen LogP contribution in [0.3, 0.4) is 0 Å². The molecule has 1 aliphatic heterocycles. The number of para-hydroxylation sites is 1. The Bertz CT molecular complexity index is 1360. The summed E-state index contributed by atoms with van der Waals surface area (Å²) in [6.45, 7) is 3.13. The minimum atomic E-state index is -0.478. The van der Waals surface area contributed by atoms with Crippen LogP contribution in [-0.2, 0) is 16.1 Å². The summed E-state index contributed by atoms with van der Waals surface area (Å²) in [5, 5.41) is 23.8. The molecule has 10 nitrogen and oxygen atoms in total. The average Bonchev–Trinajstić information content (AvgIpc) is 3.60. The van der Waals surface area contributed by atoms with Gasteiger partial charge in [0.25, 0.3) is 5.69 Å². The van der Waals surface area contributed by atoms with Gasteiger partial charge in [-0.25, -0.2) is 0 Å². The summed E-state index contributed by atoms with van der Waals surface area (Å²) in [5.41, 5.74) is 2.42. The molecule has 1 saturated heterocycles. The number of anilines is 1. The predicted octanol–water partition coefficient (Wildman–Crippen LogP) is 4.63. The van der Waals surface area contributed by atoms with Crippen LogP contribution in [0.2, 0.25) is 0 Å². The molecule has 0 radical (unpaired) electrons. The highest BCUT2D eigenvalue weighted by atomic mass is 32.2. The topological polar surface area (TPSA) is 128 Å². The zero-order valence-corrected chi connectivity index (χ0v) is 19.8. The van der Waals surface area contributed by atoms with Crippen molar-refractivity contribution >= 4 is 39.9 Å². The number of fused-ring (bicyclic) bond motifs is 1. The summed E-state index contributed by atoms with van der Waals surface area (Å²) in [6, 6.07) is 13.8. The second-order valence-corrected chi connectivity index (χ2v) is 9.66. The Kier molecular flexibility index (Phi) is 6.51. The molecule has 1 aliphatic rings. The molecule has 11 heteroatoms. The summed E-state index contributed by atoms with van der Waals surface area (Å²) in [4.78, 5) is 26.5. The van der Waals surface area contributed by atoms with Crippen molar-refractivity contribution in [3.63, 3.8) is 0 Å². The lowest BCUT2D eigenvalue weighted by Crippen LogP contribution is -2.23. The Labute approximate surface area is 205 Å². The van der Waals surface area contributed by atoms with Gasteiger partial charge in [-0.15, -0.1) is 10.2 Å². The first-order valence-electron chi connectivity index (χ1n) is 11.3. The fourth-order valence-corrected chi connectivity index (χ4v) is 4.97. The van der Waals surface area contributed by atoms with E-state index >= 15 is 0 Å². The highest BCUT2D eigenvalue weighted by Gasteiger charge is 2.25. The van der Waals surface area contributed by atoms with Crippen molar-refractivity contribution in [3.8, 4) is 11.4 Å². The molecule has 180 valence electrons. The normalized spacial score (nSPS) is 16.4. The standard InChI is InChI=1S/C24H24N6O4S/c1-15(23(31)26-16-8-10-17(11-9-16)30(32)33)35-24-28-27-22(29(24)14-18-5-4-12-34-18)20-13-25-21-7-3-2-6-19(20)21/h2-3,6-11,13,15,18,25H,4-5,12,14H2,1H3,(H,26,31). The van der Waals surface area contributed by atoms with Crippen LogP contribution in [0.25, 0.3) is 22.3 Å². The molecule has 2 aromatic heterocycles. The first-order valence-corrected chi connectivity index (χ1v) is 12.2. The maximum atomic E-state index is 12.8. The third-order valence-corrected chi connectivity index (χ3v) is 7.03. The molecule has 0 bridgehead atoms. The van der Waals surface area contributed by atoms with E-state index in [2.05, 4.69) is 20.5 Å². The Morgan fingerprint density at radius 1 is 1.29 bits per heavy atom. The first-order chi connectivity index (χ1) is 17.0. The lowest BCUT2D eigenvalue weighted by atomic mass is 10.1. The van der Waals surface area contributed by atoms with Gasteiger partial charge in [0.05, 0.1) is 22.8 Å². The van der Waals surface area contributed by atoms with Crippen LogP contribution >= 0.6 is 11.8 Å². The van der Waals surface area contributed by atoms with Gasteiger partial charge in [-0.3, -0.25) is 19.5 Å². The number of amides is 1. The van der Waals surface area contributed by atoms with Crippen LogP contribution in [0.1, 0.15) is 19.8 Å². The van der Waals surface area contributed by atoms with Gasteiger partial charge in [0.1, 0.15) is 0 Å². The van der Waals surface area contributed by atoms with E-state index in [0.29, 0.717) is 17.4 Å². The van der Waals surface area contributed by atoms with E-state index in [9.17, 15) is 14.9 Å². The van der Waals surface area contributed by atoms with Crippen LogP contribution in [0.5, 0.6) is 0 Å². The molecular formula is C24H24N6O4S. The van der Waals surface area contributed by atoms with Gasteiger partial charge < -0.3 is 15.0 Å². The number of aromatic amines is 1.